The number of rotatable bonds is 3. The smallest absolute Gasteiger partial charge is 0.190 e. The van der Waals surface area contributed by atoms with Crippen molar-refractivity contribution in [3.63, 3.8) is 0 Å². The van der Waals surface area contributed by atoms with Crippen LogP contribution in [0.3, 0.4) is 0 Å². The monoisotopic (exact) mass is 280 g/mol. The lowest BCUT2D eigenvalue weighted by Crippen LogP contribution is -2.02. The van der Waals surface area contributed by atoms with E-state index < -0.39 is 0 Å². The van der Waals surface area contributed by atoms with Gasteiger partial charge in [0, 0.05) is 12.0 Å². The highest BCUT2D eigenvalue weighted by atomic mass is 32.2. The Kier molecular flexibility index (Phi) is 5.46. The van der Waals surface area contributed by atoms with Crippen molar-refractivity contribution in [2.24, 2.45) is 0 Å². The third-order valence-corrected chi connectivity index (χ3v) is 3.59. The van der Waals surface area contributed by atoms with Gasteiger partial charge in [0.2, 0.25) is 0 Å². The van der Waals surface area contributed by atoms with Gasteiger partial charge in [-0.15, -0.1) is 0 Å². The average molecular weight is 280 g/mol. The van der Waals surface area contributed by atoms with Crippen LogP contribution in [0, 0.1) is 11.8 Å². The number of carbonyl (C=O) groups excluding carboxylic acids is 1. The molecule has 2 rings (SSSR count). The van der Waals surface area contributed by atoms with Crippen molar-refractivity contribution in [3.8, 4) is 11.8 Å². The molecule has 2 aromatic rings. The summed E-state index contributed by atoms with van der Waals surface area (Å²) in [6.45, 7) is 0. The van der Waals surface area contributed by atoms with Crippen molar-refractivity contribution >= 4 is 16.9 Å². The Morgan fingerprint density at radius 3 is 2.25 bits per heavy atom. The Bertz CT molecular complexity index is 608. The van der Waals surface area contributed by atoms with Crippen LogP contribution in [-0.4, -0.2) is 11.4 Å². The second-order valence-corrected chi connectivity index (χ2v) is 5.24. The molecule has 0 aliphatic carbocycles. The molecule has 0 heterocycles. The molecule has 0 aliphatic heterocycles. The summed E-state index contributed by atoms with van der Waals surface area (Å²) in [7, 11) is 0. The van der Waals surface area contributed by atoms with Gasteiger partial charge in [0.25, 0.3) is 0 Å². The van der Waals surface area contributed by atoms with E-state index in [9.17, 15) is 4.79 Å². The predicted octanol–water partition coefficient (Wildman–Crippen LogP) is 4.10. The van der Waals surface area contributed by atoms with Gasteiger partial charge in [-0.3, -0.25) is 4.79 Å². The van der Waals surface area contributed by atoms with Gasteiger partial charge in [0.15, 0.2) is 5.12 Å². The Balaban J connectivity index is 2.24. The molecule has 0 aromatic heterocycles. The molecule has 20 heavy (non-hydrogen) atoms. The normalized spacial score (nSPS) is 11.2. The summed E-state index contributed by atoms with van der Waals surface area (Å²) in [4.78, 5) is 11.7. The number of hydrogen-bond donors (Lipinski definition) is 0. The molecule has 2 heteroatoms. The fourth-order valence-corrected chi connectivity index (χ4v) is 2.21. The van der Waals surface area contributed by atoms with Gasteiger partial charge in [0.1, 0.15) is 0 Å². The zero-order valence-corrected chi connectivity index (χ0v) is 12.2. The first-order valence-electron chi connectivity index (χ1n) is 6.48. The lowest BCUT2D eigenvalue weighted by molar-refractivity contribution is -0.111. The molecular weight excluding hydrogens is 264 g/mol. The maximum absolute atomic E-state index is 11.7. The van der Waals surface area contributed by atoms with Gasteiger partial charge in [-0.25, -0.2) is 0 Å². The molecule has 0 fully saturated rings. The summed E-state index contributed by atoms with van der Waals surface area (Å²) in [5.41, 5.74) is 2.07. The molecule has 0 saturated carbocycles. The maximum Gasteiger partial charge on any atom is 0.190 e. The molecule has 0 unspecified atom stereocenters. The third-order valence-electron chi connectivity index (χ3n) is 2.96. The number of carbonyl (C=O) groups is 1. The summed E-state index contributed by atoms with van der Waals surface area (Å²) in [6.07, 6.45) is 2.26. The highest BCUT2D eigenvalue weighted by Crippen LogP contribution is 2.21. The molecule has 0 saturated heterocycles. The standard InChI is InChI=1S/C18H16OS/c1-20-18(19)14-17(16-10-6-3-7-11-16)13-12-15-8-4-2-5-9-15/h2-11,17H,14H2,1H3/t17-/m1/s1. The zero-order chi connectivity index (χ0) is 14.2. The minimum absolute atomic E-state index is 0.0450. The van der Waals surface area contributed by atoms with Crippen LogP contribution >= 0.6 is 11.8 Å². The molecule has 100 valence electrons. The fraction of sp³-hybridized carbons (Fsp3) is 0.167. The van der Waals surface area contributed by atoms with Crippen LogP contribution < -0.4 is 0 Å². The molecule has 0 N–H and O–H groups in total. The predicted molar refractivity (Wildman–Crippen MR) is 85.6 cm³/mol. The first kappa shape index (κ1) is 14.4. The van der Waals surface area contributed by atoms with Crippen LogP contribution in [-0.2, 0) is 4.79 Å². The largest absolute Gasteiger partial charge is 0.287 e. The topological polar surface area (TPSA) is 17.1 Å². The van der Waals surface area contributed by atoms with Gasteiger partial charge >= 0.3 is 0 Å². The second-order valence-electron chi connectivity index (χ2n) is 4.38. The highest BCUT2D eigenvalue weighted by molar-refractivity contribution is 8.13. The summed E-state index contributed by atoms with van der Waals surface area (Å²) >= 11 is 1.26. The van der Waals surface area contributed by atoms with Crippen LogP contribution in [0.25, 0.3) is 0 Å². The van der Waals surface area contributed by atoms with Crippen molar-refractivity contribution in [2.45, 2.75) is 12.3 Å². The number of benzene rings is 2. The van der Waals surface area contributed by atoms with E-state index in [2.05, 4.69) is 11.8 Å². The van der Waals surface area contributed by atoms with Crippen LogP contribution in [0.4, 0.5) is 0 Å². The summed E-state index contributed by atoms with van der Waals surface area (Å²) in [5.74, 6) is 6.35. The first-order chi connectivity index (χ1) is 9.79. The maximum atomic E-state index is 11.7. The Labute approximate surface area is 124 Å². The highest BCUT2D eigenvalue weighted by Gasteiger charge is 2.12. The second kappa shape index (κ2) is 7.57. The SMILES string of the molecule is CSC(=O)C[C@@H](C#Cc1ccccc1)c1ccccc1. The molecule has 1 nitrogen and oxygen atoms in total. The molecule has 0 amide bonds. The summed E-state index contributed by atoms with van der Waals surface area (Å²) in [5, 5.41) is 0.168. The fourth-order valence-electron chi connectivity index (χ4n) is 1.88. The quantitative estimate of drug-likeness (QED) is 0.787. The van der Waals surface area contributed by atoms with Gasteiger partial charge in [-0.05, 0) is 24.0 Å². The van der Waals surface area contributed by atoms with Gasteiger partial charge in [-0.1, -0.05) is 72.1 Å². The van der Waals surface area contributed by atoms with E-state index in [4.69, 9.17) is 0 Å². The Morgan fingerprint density at radius 2 is 1.65 bits per heavy atom. The van der Waals surface area contributed by atoms with E-state index in [0.717, 1.165) is 11.1 Å². The van der Waals surface area contributed by atoms with Crippen LogP contribution in [0.15, 0.2) is 60.7 Å². The summed E-state index contributed by atoms with van der Waals surface area (Å²) in [6, 6.07) is 19.8. The first-order valence-corrected chi connectivity index (χ1v) is 7.70. The minimum Gasteiger partial charge on any atom is -0.287 e. The molecule has 2 aromatic carbocycles. The van der Waals surface area contributed by atoms with Crippen molar-refractivity contribution in [1.82, 2.24) is 0 Å². The van der Waals surface area contributed by atoms with Crippen LogP contribution in [0.1, 0.15) is 23.5 Å². The van der Waals surface area contributed by atoms with Crippen molar-refractivity contribution in [1.29, 1.82) is 0 Å². The van der Waals surface area contributed by atoms with Crippen molar-refractivity contribution in [2.75, 3.05) is 6.26 Å². The molecule has 0 aliphatic rings. The van der Waals surface area contributed by atoms with E-state index >= 15 is 0 Å². The van der Waals surface area contributed by atoms with Crippen LogP contribution in [0.2, 0.25) is 0 Å². The lowest BCUT2D eigenvalue weighted by atomic mass is 9.96. The number of hydrogen-bond acceptors (Lipinski definition) is 2. The summed E-state index contributed by atoms with van der Waals surface area (Å²) < 4.78 is 0. The van der Waals surface area contributed by atoms with E-state index in [1.54, 1.807) is 0 Å². The molecule has 0 spiro atoms. The van der Waals surface area contributed by atoms with E-state index in [-0.39, 0.29) is 11.0 Å². The third kappa shape index (κ3) is 4.29. The molecule has 1 atom stereocenters. The zero-order valence-electron chi connectivity index (χ0n) is 11.4. The van der Waals surface area contributed by atoms with E-state index in [0.29, 0.717) is 6.42 Å². The minimum atomic E-state index is -0.0450. The van der Waals surface area contributed by atoms with E-state index in [1.807, 2.05) is 66.9 Å². The van der Waals surface area contributed by atoms with Crippen LogP contribution in [0.5, 0.6) is 0 Å². The molecule has 0 bridgehead atoms. The number of thioether (sulfide) groups is 1. The van der Waals surface area contributed by atoms with Gasteiger partial charge < -0.3 is 0 Å². The molecule has 0 radical (unpaired) electrons. The average Bonchev–Trinajstić information content (AvgIpc) is 2.53. The Hall–Kier alpha value is -1.98. The van der Waals surface area contributed by atoms with Crippen molar-refractivity contribution < 1.29 is 4.79 Å². The molecular formula is C18H16OS. The van der Waals surface area contributed by atoms with E-state index in [1.165, 1.54) is 11.8 Å². The Morgan fingerprint density at radius 1 is 1.05 bits per heavy atom. The van der Waals surface area contributed by atoms with Gasteiger partial charge in [-0.2, -0.15) is 0 Å². The van der Waals surface area contributed by atoms with Crippen molar-refractivity contribution in [3.05, 3.63) is 71.8 Å². The van der Waals surface area contributed by atoms with Gasteiger partial charge in [0.05, 0.1) is 5.92 Å². The lowest BCUT2D eigenvalue weighted by Gasteiger charge is -2.09.